The average Bonchev–Trinajstić information content (AvgIpc) is 2.97. The summed E-state index contributed by atoms with van der Waals surface area (Å²) in [4.78, 5) is 2.79. The molecule has 0 aliphatic carbocycles. The number of benzene rings is 1. The fourth-order valence-corrected chi connectivity index (χ4v) is 3.00. The molecule has 1 aromatic carbocycles. The first-order valence-corrected chi connectivity index (χ1v) is 7.74. The van der Waals surface area contributed by atoms with Gasteiger partial charge < -0.3 is 14.1 Å². The summed E-state index contributed by atoms with van der Waals surface area (Å²) < 4.78 is 11.2. The van der Waals surface area contributed by atoms with E-state index in [1.54, 1.807) is 12.1 Å². The van der Waals surface area contributed by atoms with Crippen LogP contribution in [-0.4, -0.2) is 36.2 Å². The summed E-state index contributed by atoms with van der Waals surface area (Å²) >= 11 is 17.6. The normalized spacial score (nSPS) is 15.2. The molecule has 0 unspecified atom stereocenters. The number of hydrogen-bond donors (Lipinski definition) is 0. The minimum atomic E-state index is 0.556. The lowest BCUT2D eigenvalue weighted by Crippen LogP contribution is -2.40. The van der Waals surface area contributed by atoms with E-state index in [0.717, 1.165) is 18.7 Å². The highest BCUT2D eigenvalue weighted by Crippen LogP contribution is 2.31. The molecule has 0 spiro atoms. The van der Waals surface area contributed by atoms with E-state index in [-0.39, 0.29) is 0 Å². The molecule has 1 aliphatic heterocycles. The molecule has 6 heteroatoms. The van der Waals surface area contributed by atoms with Crippen LogP contribution >= 0.6 is 35.4 Å². The smallest absolute Gasteiger partial charge is 0.162 e. The van der Waals surface area contributed by atoms with Crippen LogP contribution in [0.3, 0.4) is 0 Å². The molecule has 0 atom stereocenters. The molecule has 0 amide bonds. The number of thiocarbonyl (C=S) groups is 1. The summed E-state index contributed by atoms with van der Waals surface area (Å²) in [5.41, 5.74) is 0.803. The molecule has 1 fully saturated rings. The molecule has 0 N–H and O–H groups in total. The molecular formula is C15H13Cl2NO2S. The Morgan fingerprint density at radius 3 is 2.57 bits per heavy atom. The van der Waals surface area contributed by atoms with Crippen LogP contribution in [0.15, 0.2) is 34.7 Å². The third-order valence-electron chi connectivity index (χ3n) is 3.31. The molecule has 21 heavy (non-hydrogen) atoms. The van der Waals surface area contributed by atoms with E-state index in [2.05, 4.69) is 4.90 Å². The molecule has 2 aromatic rings. The van der Waals surface area contributed by atoms with Gasteiger partial charge in [-0.1, -0.05) is 35.4 Å². The maximum atomic E-state index is 6.20. The van der Waals surface area contributed by atoms with Crippen molar-refractivity contribution >= 4 is 40.4 Å². The number of furan rings is 1. The zero-order chi connectivity index (χ0) is 14.8. The average molecular weight is 342 g/mol. The Morgan fingerprint density at radius 1 is 1.10 bits per heavy atom. The fraction of sp³-hybridized carbons (Fsp3) is 0.267. The van der Waals surface area contributed by atoms with Crippen LogP contribution in [0.25, 0.3) is 11.3 Å². The fourth-order valence-electron chi connectivity index (χ4n) is 2.21. The van der Waals surface area contributed by atoms with Crippen molar-refractivity contribution in [3.05, 3.63) is 46.1 Å². The van der Waals surface area contributed by atoms with Crippen molar-refractivity contribution in [2.45, 2.75) is 0 Å². The maximum absolute atomic E-state index is 6.20. The van der Waals surface area contributed by atoms with Crippen molar-refractivity contribution in [2.75, 3.05) is 26.3 Å². The molecule has 0 saturated carbocycles. The van der Waals surface area contributed by atoms with E-state index in [1.807, 2.05) is 18.2 Å². The molecule has 0 bridgehead atoms. The number of rotatable bonds is 2. The highest BCUT2D eigenvalue weighted by molar-refractivity contribution is 7.80. The number of halogens is 2. The highest BCUT2D eigenvalue weighted by Gasteiger charge is 2.18. The molecule has 2 heterocycles. The van der Waals surface area contributed by atoms with Gasteiger partial charge in [0.2, 0.25) is 0 Å². The van der Waals surface area contributed by atoms with E-state index < -0.39 is 0 Å². The van der Waals surface area contributed by atoms with E-state index in [9.17, 15) is 0 Å². The maximum Gasteiger partial charge on any atom is 0.162 e. The number of nitrogens with zero attached hydrogens (tertiary/aromatic N) is 1. The third-order valence-corrected chi connectivity index (χ3v) is 4.32. The van der Waals surface area contributed by atoms with Crippen molar-refractivity contribution in [3.8, 4) is 11.3 Å². The Hall–Kier alpha value is -1.07. The van der Waals surface area contributed by atoms with Crippen LogP contribution in [0, 0.1) is 0 Å². The molecule has 0 radical (unpaired) electrons. The number of morpholine rings is 1. The van der Waals surface area contributed by atoms with Gasteiger partial charge in [-0.05, 0) is 30.3 Å². The van der Waals surface area contributed by atoms with Gasteiger partial charge in [-0.2, -0.15) is 0 Å². The van der Waals surface area contributed by atoms with Gasteiger partial charge in [0.15, 0.2) is 5.76 Å². The van der Waals surface area contributed by atoms with Crippen LogP contribution in [-0.2, 0) is 4.74 Å². The van der Waals surface area contributed by atoms with Gasteiger partial charge in [-0.3, -0.25) is 0 Å². The van der Waals surface area contributed by atoms with Gasteiger partial charge in [-0.15, -0.1) is 0 Å². The van der Waals surface area contributed by atoms with Gasteiger partial charge in [0.25, 0.3) is 0 Å². The van der Waals surface area contributed by atoms with E-state index >= 15 is 0 Å². The van der Waals surface area contributed by atoms with Gasteiger partial charge in [0.05, 0.1) is 18.2 Å². The first-order chi connectivity index (χ1) is 10.1. The van der Waals surface area contributed by atoms with Gasteiger partial charge >= 0.3 is 0 Å². The summed E-state index contributed by atoms with van der Waals surface area (Å²) in [7, 11) is 0. The van der Waals surface area contributed by atoms with Crippen molar-refractivity contribution in [3.63, 3.8) is 0 Å². The Morgan fingerprint density at radius 2 is 1.86 bits per heavy atom. The van der Waals surface area contributed by atoms with Crippen LogP contribution < -0.4 is 0 Å². The number of ether oxygens (including phenoxy) is 1. The Balaban J connectivity index is 1.84. The molecule has 3 nitrogen and oxygen atoms in total. The monoisotopic (exact) mass is 341 g/mol. The lowest BCUT2D eigenvalue weighted by Gasteiger charge is -2.28. The van der Waals surface area contributed by atoms with Gasteiger partial charge in [0, 0.05) is 23.7 Å². The molecule has 1 aliphatic rings. The third kappa shape index (κ3) is 3.24. The second-order valence-electron chi connectivity index (χ2n) is 4.69. The molecule has 1 saturated heterocycles. The van der Waals surface area contributed by atoms with Crippen molar-refractivity contribution in [1.29, 1.82) is 0 Å². The minimum Gasteiger partial charge on any atom is -0.454 e. The van der Waals surface area contributed by atoms with E-state index in [1.165, 1.54) is 0 Å². The molecule has 3 rings (SSSR count). The SMILES string of the molecule is S=C(c1ccc(-c2ccc(Cl)cc2Cl)o1)N1CCOCC1. The molecular weight excluding hydrogens is 329 g/mol. The van der Waals surface area contributed by atoms with Crippen LogP contribution in [0.5, 0.6) is 0 Å². The zero-order valence-electron chi connectivity index (χ0n) is 11.1. The number of hydrogen-bond acceptors (Lipinski definition) is 3. The zero-order valence-corrected chi connectivity index (χ0v) is 13.5. The minimum absolute atomic E-state index is 0.556. The highest BCUT2D eigenvalue weighted by atomic mass is 35.5. The largest absolute Gasteiger partial charge is 0.454 e. The van der Waals surface area contributed by atoms with Crippen LogP contribution in [0.4, 0.5) is 0 Å². The van der Waals surface area contributed by atoms with Crippen molar-refractivity contribution < 1.29 is 9.15 Å². The summed E-state index contributed by atoms with van der Waals surface area (Å²) in [6, 6.07) is 9.06. The van der Waals surface area contributed by atoms with E-state index in [4.69, 9.17) is 44.6 Å². The van der Waals surface area contributed by atoms with Crippen LogP contribution in [0.2, 0.25) is 10.0 Å². The van der Waals surface area contributed by atoms with Crippen molar-refractivity contribution in [2.24, 2.45) is 0 Å². The summed E-state index contributed by atoms with van der Waals surface area (Å²) in [6.07, 6.45) is 0. The second kappa shape index (κ2) is 6.36. The molecule has 110 valence electrons. The van der Waals surface area contributed by atoms with E-state index in [0.29, 0.717) is 39.8 Å². The summed E-state index contributed by atoms with van der Waals surface area (Å²) in [6.45, 7) is 2.96. The summed E-state index contributed by atoms with van der Waals surface area (Å²) in [5.74, 6) is 1.36. The van der Waals surface area contributed by atoms with Gasteiger partial charge in [0.1, 0.15) is 10.7 Å². The quantitative estimate of drug-likeness (QED) is 0.762. The predicted octanol–water partition coefficient (Wildman–Crippen LogP) is 4.26. The van der Waals surface area contributed by atoms with Crippen molar-refractivity contribution in [1.82, 2.24) is 4.90 Å². The summed E-state index contributed by atoms with van der Waals surface area (Å²) in [5, 5.41) is 1.15. The standard InChI is InChI=1S/C15H13Cl2NO2S/c16-10-1-2-11(12(17)9-10)13-3-4-14(20-13)15(21)18-5-7-19-8-6-18/h1-4,9H,5-8H2. The molecule has 1 aromatic heterocycles. The van der Waals surface area contributed by atoms with Gasteiger partial charge in [-0.25, -0.2) is 0 Å². The lowest BCUT2D eigenvalue weighted by molar-refractivity contribution is 0.0688. The Kier molecular flexibility index (Phi) is 4.50. The Bertz CT molecular complexity index is 665. The lowest BCUT2D eigenvalue weighted by atomic mass is 10.2. The predicted molar refractivity (Wildman–Crippen MR) is 88.3 cm³/mol. The Labute approximate surface area is 138 Å². The second-order valence-corrected chi connectivity index (χ2v) is 5.92. The first kappa shape index (κ1) is 14.9. The van der Waals surface area contributed by atoms with Crippen LogP contribution in [0.1, 0.15) is 5.76 Å². The first-order valence-electron chi connectivity index (χ1n) is 6.57. The topological polar surface area (TPSA) is 25.6 Å².